The summed E-state index contributed by atoms with van der Waals surface area (Å²) < 4.78 is 10.6. The number of nitrogens with one attached hydrogen (secondary N) is 2. The zero-order valence-electron chi connectivity index (χ0n) is 16.6. The smallest absolute Gasteiger partial charge is 0.255 e. The van der Waals surface area contributed by atoms with Gasteiger partial charge in [0.2, 0.25) is 6.79 Å². The summed E-state index contributed by atoms with van der Waals surface area (Å²) in [6, 6.07) is 14.7. The molecule has 0 atom stereocenters. The number of aryl methyl sites for hydroxylation is 1. The highest BCUT2D eigenvalue weighted by atomic mass is 32.1. The fourth-order valence-electron chi connectivity index (χ4n) is 3.17. The van der Waals surface area contributed by atoms with E-state index in [1.54, 1.807) is 30.6 Å². The molecule has 7 nitrogen and oxygen atoms in total. The number of hydrogen-bond acceptors (Lipinski definition) is 7. The minimum absolute atomic E-state index is 0.173. The van der Waals surface area contributed by atoms with Crippen molar-refractivity contribution in [1.82, 2.24) is 9.97 Å². The van der Waals surface area contributed by atoms with Crippen molar-refractivity contribution in [3.8, 4) is 22.8 Å². The van der Waals surface area contributed by atoms with E-state index in [0.29, 0.717) is 22.7 Å². The minimum atomic E-state index is -0.221. The Morgan fingerprint density at radius 1 is 1.10 bits per heavy atom. The van der Waals surface area contributed by atoms with E-state index >= 15 is 0 Å². The molecule has 0 saturated carbocycles. The molecule has 0 unspecified atom stereocenters. The van der Waals surface area contributed by atoms with E-state index in [1.807, 2.05) is 42.6 Å². The van der Waals surface area contributed by atoms with Crippen LogP contribution in [0.15, 0.2) is 66.3 Å². The van der Waals surface area contributed by atoms with Crippen LogP contribution in [-0.4, -0.2) is 22.7 Å². The summed E-state index contributed by atoms with van der Waals surface area (Å²) in [5, 5.41) is 9.03. The van der Waals surface area contributed by atoms with Crippen molar-refractivity contribution in [1.29, 1.82) is 0 Å². The summed E-state index contributed by atoms with van der Waals surface area (Å²) in [4.78, 5) is 21.5. The fraction of sp³-hybridized carbons (Fsp3) is 0.0870. The molecule has 0 aliphatic carbocycles. The molecule has 2 aromatic heterocycles. The summed E-state index contributed by atoms with van der Waals surface area (Å²) in [6.07, 6.45) is 3.53. The van der Waals surface area contributed by atoms with Gasteiger partial charge in [-0.25, -0.2) is 4.98 Å². The highest BCUT2D eigenvalue weighted by molar-refractivity contribution is 7.14. The van der Waals surface area contributed by atoms with E-state index in [9.17, 15) is 4.79 Å². The number of hydrogen-bond donors (Lipinski definition) is 2. The van der Waals surface area contributed by atoms with Crippen LogP contribution < -0.4 is 20.1 Å². The van der Waals surface area contributed by atoms with E-state index in [2.05, 4.69) is 20.6 Å². The van der Waals surface area contributed by atoms with E-state index < -0.39 is 0 Å². The van der Waals surface area contributed by atoms with Gasteiger partial charge in [0.25, 0.3) is 5.91 Å². The van der Waals surface area contributed by atoms with Crippen molar-refractivity contribution in [3.63, 3.8) is 0 Å². The molecule has 154 valence electrons. The Bertz CT molecular complexity index is 1260. The second kappa shape index (κ2) is 8.08. The largest absolute Gasteiger partial charge is 0.454 e. The summed E-state index contributed by atoms with van der Waals surface area (Å²) in [7, 11) is 0. The van der Waals surface area contributed by atoms with Gasteiger partial charge in [-0.05, 0) is 55.0 Å². The van der Waals surface area contributed by atoms with E-state index in [0.717, 1.165) is 27.6 Å². The first-order valence-corrected chi connectivity index (χ1v) is 10.5. The number of nitrogens with zero attached hydrogens (tertiary/aromatic N) is 2. The predicted octanol–water partition coefficient (Wildman–Crippen LogP) is 5.24. The lowest BCUT2D eigenvalue weighted by Crippen LogP contribution is -2.12. The highest BCUT2D eigenvalue weighted by Gasteiger charge is 2.16. The van der Waals surface area contributed by atoms with E-state index in [1.165, 1.54) is 11.3 Å². The first-order valence-electron chi connectivity index (χ1n) is 9.60. The third kappa shape index (κ3) is 4.06. The number of rotatable bonds is 5. The predicted molar refractivity (Wildman–Crippen MR) is 120 cm³/mol. The Labute approximate surface area is 182 Å². The fourth-order valence-corrected chi connectivity index (χ4v) is 3.90. The van der Waals surface area contributed by atoms with Gasteiger partial charge in [-0.15, -0.1) is 11.3 Å². The number of carbonyl (C=O) groups excluding carboxylic acids is 1. The summed E-state index contributed by atoms with van der Waals surface area (Å²) >= 11 is 1.51. The monoisotopic (exact) mass is 430 g/mol. The molecule has 2 N–H and O–H groups in total. The van der Waals surface area contributed by atoms with Crippen LogP contribution in [0.25, 0.3) is 11.3 Å². The Morgan fingerprint density at radius 3 is 2.87 bits per heavy atom. The molecule has 5 rings (SSSR count). The number of anilines is 3. The van der Waals surface area contributed by atoms with Crippen LogP contribution in [0.4, 0.5) is 16.5 Å². The van der Waals surface area contributed by atoms with Gasteiger partial charge in [0.1, 0.15) is 0 Å². The van der Waals surface area contributed by atoms with Gasteiger partial charge >= 0.3 is 0 Å². The minimum Gasteiger partial charge on any atom is -0.454 e. The van der Waals surface area contributed by atoms with Crippen molar-refractivity contribution in [2.45, 2.75) is 6.92 Å². The second-order valence-electron chi connectivity index (χ2n) is 6.96. The lowest BCUT2D eigenvalue weighted by molar-refractivity contribution is 0.102. The zero-order chi connectivity index (χ0) is 21.2. The third-order valence-electron chi connectivity index (χ3n) is 4.83. The lowest BCUT2D eigenvalue weighted by atomic mass is 10.1. The van der Waals surface area contributed by atoms with Gasteiger partial charge in [-0.1, -0.05) is 6.07 Å². The molecule has 31 heavy (non-hydrogen) atoms. The van der Waals surface area contributed by atoms with Crippen LogP contribution in [0.5, 0.6) is 11.5 Å². The number of benzene rings is 2. The van der Waals surface area contributed by atoms with Gasteiger partial charge in [-0.3, -0.25) is 9.78 Å². The van der Waals surface area contributed by atoms with E-state index in [-0.39, 0.29) is 12.7 Å². The topological polar surface area (TPSA) is 85.4 Å². The first kappa shape index (κ1) is 19.1. The molecule has 0 fully saturated rings. The summed E-state index contributed by atoms with van der Waals surface area (Å²) in [5.74, 6) is 1.00. The SMILES string of the molecule is Cc1ccc(NC(=O)c2ccc3c(c2)OCO3)cc1Nc1nc(-c2cccnc2)cs1. The average Bonchev–Trinajstić information content (AvgIpc) is 3.45. The molecular formula is C23H18N4O3S. The first-order chi connectivity index (χ1) is 15.2. The van der Waals surface area contributed by atoms with E-state index in [4.69, 9.17) is 9.47 Å². The van der Waals surface area contributed by atoms with Crippen LogP contribution in [0.1, 0.15) is 15.9 Å². The zero-order valence-corrected chi connectivity index (χ0v) is 17.4. The molecule has 2 aromatic carbocycles. The number of pyridine rings is 1. The number of aromatic nitrogens is 2. The van der Waals surface area contributed by atoms with Gasteiger partial charge in [0.05, 0.1) is 5.69 Å². The van der Waals surface area contributed by atoms with Crippen molar-refractivity contribution in [2.24, 2.45) is 0 Å². The van der Waals surface area contributed by atoms with Crippen molar-refractivity contribution >= 4 is 33.8 Å². The van der Waals surface area contributed by atoms with Gasteiger partial charge in [0, 0.05) is 40.3 Å². The summed E-state index contributed by atoms with van der Waals surface area (Å²) in [5.41, 5.74) is 4.92. The Kier molecular flexibility index (Phi) is 4.97. The Hall–Kier alpha value is -3.91. The quantitative estimate of drug-likeness (QED) is 0.450. The maximum atomic E-state index is 12.7. The third-order valence-corrected chi connectivity index (χ3v) is 5.59. The number of carbonyl (C=O) groups is 1. The molecular weight excluding hydrogens is 412 g/mol. The molecule has 3 heterocycles. The standard InChI is InChI=1S/C23H18N4O3S/c1-14-4-6-17(25-22(28)15-5-7-20-21(9-15)30-13-29-20)10-18(14)26-23-27-19(12-31-23)16-3-2-8-24-11-16/h2-12H,13H2,1H3,(H,25,28)(H,26,27). The molecule has 1 aliphatic rings. The molecule has 0 radical (unpaired) electrons. The molecule has 8 heteroatoms. The number of fused-ring (bicyclic) bond motifs is 1. The Balaban J connectivity index is 1.32. The number of amides is 1. The lowest BCUT2D eigenvalue weighted by Gasteiger charge is -2.11. The van der Waals surface area contributed by atoms with Crippen molar-refractivity contribution in [3.05, 3.63) is 77.4 Å². The van der Waals surface area contributed by atoms with Crippen LogP contribution in [-0.2, 0) is 0 Å². The van der Waals surface area contributed by atoms with Gasteiger partial charge in [-0.2, -0.15) is 0 Å². The van der Waals surface area contributed by atoms with Gasteiger partial charge in [0.15, 0.2) is 16.6 Å². The summed E-state index contributed by atoms with van der Waals surface area (Å²) in [6.45, 7) is 2.17. The van der Waals surface area contributed by atoms with Crippen molar-refractivity contribution < 1.29 is 14.3 Å². The van der Waals surface area contributed by atoms with Crippen molar-refractivity contribution in [2.75, 3.05) is 17.4 Å². The van der Waals surface area contributed by atoms with Crippen LogP contribution in [0.3, 0.4) is 0 Å². The maximum Gasteiger partial charge on any atom is 0.255 e. The van der Waals surface area contributed by atoms with Crippen LogP contribution >= 0.6 is 11.3 Å². The molecule has 0 bridgehead atoms. The molecule has 0 saturated heterocycles. The highest BCUT2D eigenvalue weighted by Crippen LogP contribution is 2.33. The normalized spacial score (nSPS) is 11.9. The molecule has 0 spiro atoms. The number of thiazole rings is 1. The average molecular weight is 430 g/mol. The van der Waals surface area contributed by atoms with Crippen LogP contribution in [0.2, 0.25) is 0 Å². The van der Waals surface area contributed by atoms with Gasteiger partial charge < -0.3 is 20.1 Å². The maximum absolute atomic E-state index is 12.7. The van der Waals surface area contributed by atoms with Crippen LogP contribution in [0, 0.1) is 6.92 Å². The molecule has 4 aromatic rings. The molecule has 1 aliphatic heterocycles. The Morgan fingerprint density at radius 2 is 2.00 bits per heavy atom. The second-order valence-corrected chi connectivity index (χ2v) is 7.81. The molecule has 1 amide bonds. The number of ether oxygens (including phenoxy) is 2.